The highest BCUT2D eigenvalue weighted by Gasteiger charge is 2.55. The van der Waals surface area contributed by atoms with Gasteiger partial charge >= 0.3 is 0 Å². The number of hydrogen-bond acceptors (Lipinski definition) is 4. The van der Waals surface area contributed by atoms with Crippen LogP contribution in [0.5, 0.6) is 0 Å². The summed E-state index contributed by atoms with van der Waals surface area (Å²) >= 11 is 1.78. The molecule has 5 heteroatoms. The number of carbonyl (C=O) groups excluding carboxylic acids is 1. The Morgan fingerprint density at radius 2 is 1.92 bits per heavy atom. The third-order valence-corrected chi connectivity index (χ3v) is 8.49. The molecule has 4 nitrogen and oxygen atoms in total. The van der Waals surface area contributed by atoms with Gasteiger partial charge in [-0.2, -0.15) is 0 Å². The third-order valence-electron chi connectivity index (χ3n) is 7.13. The van der Waals surface area contributed by atoms with Gasteiger partial charge in [0.05, 0.1) is 11.2 Å². The standard InChI is InChI=1S/C21H28N2O2S/c24-19(17-6-3-7-22-20(17)26-16-4-1-2-5-16)23-18-14-8-13-9-15(18)12-21(25,10-13)11-14/h3,6-7,13-16,18,25H,1-2,4-5,8-12H2,(H,23,24). The second kappa shape index (κ2) is 6.52. The van der Waals surface area contributed by atoms with Crippen molar-refractivity contribution in [2.45, 2.75) is 79.7 Å². The molecule has 6 rings (SSSR count). The average Bonchev–Trinajstić information content (AvgIpc) is 3.10. The minimum absolute atomic E-state index is 0.0306. The van der Waals surface area contributed by atoms with E-state index in [1.807, 2.05) is 12.1 Å². The molecule has 2 unspecified atom stereocenters. The number of aliphatic hydroxyl groups is 1. The minimum atomic E-state index is -0.449. The Morgan fingerprint density at radius 3 is 2.62 bits per heavy atom. The lowest BCUT2D eigenvalue weighted by Crippen LogP contribution is -2.61. The van der Waals surface area contributed by atoms with E-state index in [4.69, 9.17) is 0 Å². The van der Waals surface area contributed by atoms with Gasteiger partial charge in [0.25, 0.3) is 5.91 Å². The van der Waals surface area contributed by atoms with Crippen molar-refractivity contribution in [3.63, 3.8) is 0 Å². The number of aromatic nitrogens is 1. The van der Waals surface area contributed by atoms with E-state index in [0.29, 0.717) is 23.0 Å². The maximum atomic E-state index is 13.1. The summed E-state index contributed by atoms with van der Waals surface area (Å²) in [6, 6.07) is 4.01. The molecule has 0 spiro atoms. The number of rotatable bonds is 4. The lowest BCUT2D eigenvalue weighted by Gasteiger charge is -2.58. The summed E-state index contributed by atoms with van der Waals surface area (Å²) in [5.41, 5.74) is 0.284. The van der Waals surface area contributed by atoms with Crippen LogP contribution in [0.25, 0.3) is 0 Å². The summed E-state index contributed by atoms with van der Waals surface area (Å²) in [7, 11) is 0. The summed E-state index contributed by atoms with van der Waals surface area (Å²) in [6.45, 7) is 0. The molecule has 0 aliphatic heterocycles. The van der Waals surface area contributed by atoms with Gasteiger partial charge in [-0.15, -0.1) is 11.8 Å². The van der Waals surface area contributed by atoms with E-state index in [2.05, 4.69) is 10.3 Å². The number of thioether (sulfide) groups is 1. The molecule has 1 aromatic rings. The Labute approximate surface area is 159 Å². The van der Waals surface area contributed by atoms with Crippen molar-refractivity contribution in [1.82, 2.24) is 10.3 Å². The smallest absolute Gasteiger partial charge is 0.254 e. The van der Waals surface area contributed by atoms with Gasteiger partial charge in [0.15, 0.2) is 0 Å². The van der Waals surface area contributed by atoms with Crippen molar-refractivity contribution in [3.8, 4) is 0 Å². The first kappa shape index (κ1) is 17.1. The first-order valence-electron chi connectivity index (χ1n) is 10.2. The molecule has 0 saturated heterocycles. The van der Waals surface area contributed by atoms with Gasteiger partial charge in [-0.05, 0) is 74.8 Å². The molecular weight excluding hydrogens is 344 g/mol. The summed E-state index contributed by atoms with van der Waals surface area (Å²) in [5.74, 6) is 1.58. The zero-order valence-electron chi connectivity index (χ0n) is 15.2. The average molecular weight is 373 g/mol. The second-order valence-electron chi connectivity index (χ2n) is 9.07. The molecule has 4 bridgehead atoms. The van der Waals surface area contributed by atoms with Crippen LogP contribution in [0.1, 0.15) is 68.1 Å². The lowest BCUT2D eigenvalue weighted by atomic mass is 9.52. The van der Waals surface area contributed by atoms with E-state index in [1.54, 1.807) is 18.0 Å². The highest BCUT2D eigenvalue weighted by atomic mass is 32.2. The van der Waals surface area contributed by atoms with Crippen molar-refractivity contribution < 1.29 is 9.90 Å². The highest BCUT2D eigenvalue weighted by molar-refractivity contribution is 7.99. The molecule has 5 fully saturated rings. The molecule has 2 atom stereocenters. The molecule has 1 amide bonds. The molecular formula is C21H28N2O2S. The van der Waals surface area contributed by atoms with Crippen LogP contribution in [0.15, 0.2) is 23.4 Å². The van der Waals surface area contributed by atoms with Crippen LogP contribution in [-0.4, -0.2) is 32.9 Å². The molecule has 0 aromatic carbocycles. The summed E-state index contributed by atoms with van der Waals surface area (Å²) in [4.78, 5) is 17.6. The first-order chi connectivity index (χ1) is 12.6. The topological polar surface area (TPSA) is 62.2 Å². The zero-order valence-corrected chi connectivity index (χ0v) is 16.0. The van der Waals surface area contributed by atoms with E-state index in [9.17, 15) is 9.90 Å². The Morgan fingerprint density at radius 1 is 1.19 bits per heavy atom. The van der Waals surface area contributed by atoms with Crippen molar-refractivity contribution >= 4 is 17.7 Å². The number of carbonyl (C=O) groups is 1. The van der Waals surface area contributed by atoms with Gasteiger partial charge in [-0.1, -0.05) is 12.8 Å². The normalized spacial score (nSPS) is 38.7. The van der Waals surface area contributed by atoms with Crippen LogP contribution < -0.4 is 5.32 Å². The molecule has 26 heavy (non-hydrogen) atoms. The molecule has 0 radical (unpaired) electrons. The van der Waals surface area contributed by atoms with Crippen molar-refractivity contribution in [2.75, 3.05) is 0 Å². The molecule has 2 N–H and O–H groups in total. The fourth-order valence-corrected chi connectivity index (χ4v) is 7.56. The number of nitrogens with zero attached hydrogens (tertiary/aromatic N) is 1. The van der Waals surface area contributed by atoms with Gasteiger partial charge < -0.3 is 10.4 Å². The van der Waals surface area contributed by atoms with E-state index in [-0.39, 0.29) is 11.9 Å². The lowest BCUT2D eigenvalue weighted by molar-refractivity contribution is -0.136. The predicted molar refractivity (Wildman–Crippen MR) is 102 cm³/mol. The molecule has 140 valence electrons. The van der Waals surface area contributed by atoms with Crippen LogP contribution >= 0.6 is 11.8 Å². The van der Waals surface area contributed by atoms with Crippen LogP contribution in [-0.2, 0) is 0 Å². The maximum absolute atomic E-state index is 13.1. The maximum Gasteiger partial charge on any atom is 0.254 e. The minimum Gasteiger partial charge on any atom is -0.390 e. The Bertz CT molecular complexity index is 687. The van der Waals surface area contributed by atoms with Gasteiger partial charge in [-0.25, -0.2) is 4.98 Å². The summed E-state index contributed by atoms with van der Waals surface area (Å²) in [5, 5.41) is 15.6. The van der Waals surface area contributed by atoms with Crippen LogP contribution in [0, 0.1) is 17.8 Å². The molecule has 5 aliphatic rings. The highest BCUT2D eigenvalue weighted by Crippen LogP contribution is 2.55. The van der Waals surface area contributed by atoms with Crippen LogP contribution in [0.4, 0.5) is 0 Å². The number of nitrogens with one attached hydrogen (secondary N) is 1. The predicted octanol–water partition coefficient (Wildman–Crippen LogP) is 3.79. The van der Waals surface area contributed by atoms with Gasteiger partial charge in [0, 0.05) is 17.5 Å². The third kappa shape index (κ3) is 3.07. The molecule has 5 aliphatic carbocycles. The fraction of sp³-hybridized carbons (Fsp3) is 0.714. The number of pyridine rings is 1. The largest absolute Gasteiger partial charge is 0.390 e. The van der Waals surface area contributed by atoms with Crippen molar-refractivity contribution in [2.24, 2.45) is 17.8 Å². The van der Waals surface area contributed by atoms with E-state index in [1.165, 1.54) is 38.5 Å². The monoisotopic (exact) mass is 372 g/mol. The van der Waals surface area contributed by atoms with E-state index < -0.39 is 5.60 Å². The number of hydrogen-bond donors (Lipinski definition) is 2. The summed E-state index contributed by atoms with van der Waals surface area (Å²) in [6.07, 6.45) is 11.9. The quantitative estimate of drug-likeness (QED) is 0.844. The van der Waals surface area contributed by atoms with Gasteiger partial charge in [0.1, 0.15) is 5.03 Å². The Balaban J connectivity index is 1.32. The number of amides is 1. The van der Waals surface area contributed by atoms with E-state index >= 15 is 0 Å². The summed E-state index contributed by atoms with van der Waals surface area (Å²) < 4.78 is 0. The van der Waals surface area contributed by atoms with Crippen molar-refractivity contribution in [1.29, 1.82) is 0 Å². The van der Waals surface area contributed by atoms with E-state index in [0.717, 1.165) is 29.9 Å². The van der Waals surface area contributed by atoms with Crippen molar-refractivity contribution in [3.05, 3.63) is 23.9 Å². The van der Waals surface area contributed by atoms with Crippen LogP contribution in [0.3, 0.4) is 0 Å². The molecule has 5 saturated carbocycles. The molecule has 1 heterocycles. The SMILES string of the molecule is O=C(NC1C2CC3CC1CC(O)(C3)C2)c1cccnc1SC1CCCC1. The fourth-order valence-electron chi connectivity index (χ4n) is 6.27. The molecule has 1 aromatic heterocycles. The second-order valence-corrected chi connectivity index (χ2v) is 10.4. The Kier molecular flexibility index (Phi) is 4.28. The Hall–Kier alpha value is -1.07. The van der Waals surface area contributed by atoms with Gasteiger partial charge in [0.2, 0.25) is 0 Å². The van der Waals surface area contributed by atoms with Crippen LogP contribution in [0.2, 0.25) is 0 Å². The zero-order chi connectivity index (χ0) is 17.7. The van der Waals surface area contributed by atoms with Gasteiger partial charge in [-0.3, -0.25) is 4.79 Å². The first-order valence-corrected chi connectivity index (χ1v) is 11.1.